The molecule has 0 aromatic carbocycles. The molecule has 0 heterocycles. The molecule has 7 heteroatoms. The molecule has 2 N–H and O–H groups in total. The second-order valence-electron chi connectivity index (χ2n) is 6.08. The summed E-state index contributed by atoms with van der Waals surface area (Å²) >= 11 is 0. The Morgan fingerprint density at radius 2 is 0.875 bits per heavy atom. The molecule has 6 nitrogen and oxygen atoms in total. The molecule has 0 rings (SSSR count). The highest BCUT2D eigenvalue weighted by molar-refractivity contribution is 7.79. The number of unbranched alkanes of at least 4 members (excludes halogenated alkanes) is 4. The van der Waals surface area contributed by atoms with Gasteiger partial charge < -0.3 is 14.1 Å². The van der Waals surface area contributed by atoms with Crippen molar-refractivity contribution in [2.75, 3.05) is 33.3 Å². The third-order valence-electron chi connectivity index (χ3n) is 3.94. The van der Waals surface area contributed by atoms with Gasteiger partial charge in [0, 0.05) is 7.11 Å². The largest absolute Gasteiger partial charge is 0.726 e. The smallest absolute Gasteiger partial charge is 0.215 e. The summed E-state index contributed by atoms with van der Waals surface area (Å²) in [6.45, 7) is 15.0. The second-order valence-corrected chi connectivity index (χ2v) is 6.93. The average molecular weight is 372 g/mol. The maximum absolute atomic E-state index is 8.63. The van der Waals surface area contributed by atoms with E-state index in [9.17, 15) is 0 Å². The molecule has 0 aliphatic rings. The molecule has 0 saturated carbocycles. The molecule has 0 amide bonds. The van der Waals surface area contributed by atoms with Crippen LogP contribution in [0.15, 0.2) is 0 Å². The maximum atomic E-state index is 8.63. The van der Waals surface area contributed by atoms with Gasteiger partial charge in [0.05, 0.1) is 26.2 Å². The van der Waals surface area contributed by atoms with E-state index in [4.69, 9.17) is 22.6 Å². The number of hydrogen-bond acceptors (Lipinski definition) is 4. The van der Waals surface area contributed by atoms with Crippen LogP contribution < -0.4 is 0 Å². The Hall–Kier alpha value is -0.210. The number of aliphatic hydroxyl groups excluding tert-OH is 1. The zero-order valence-corrected chi connectivity index (χ0v) is 17.3. The molecule has 0 spiro atoms. The third-order valence-corrected chi connectivity index (χ3v) is 3.94. The quantitative estimate of drug-likeness (QED) is 0.310. The number of nitrogens with zero attached hydrogens (tertiary/aromatic N) is 1. The van der Waals surface area contributed by atoms with E-state index in [-0.39, 0.29) is 0 Å². The van der Waals surface area contributed by atoms with E-state index < -0.39 is 10.4 Å². The molecule has 0 fully saturated rings. The predicted molar refractivity (Wildman–Crippen MR) is 99.8 cm³/mol. The Morgan fingerprint density at radius 1 is 0.708 bits per heavy atom. The van der Waals surface area contributed by atoms with Crippen LogP contribution in [0.2, 0.25) is 0 Å². The summed E-state index contributed by atoms with van der Waals surface area (Å²) in [7, 11) is -3.92. The van der Waals surface area contributed by atoms with Gasteiger partial charge in [-0.2, -0.15) is 0 Å². The summed E-state index contributed by atoms with van der Waals surface area (Å²) in [4.78, 5) is 0. The third kappa shape index (κ3) is 24.0. The van der Waals surface area contributed by atoms with Crippen molar-refractivity contribution in [1.29, 1.82) is 0 Å². The van der Waals surface area contributed by atoms with Crippen LogP contribution in [-0.4, -0.2) is 60.4 Å². The first-order valence-corrected chi connectivity index (χ1v) is 10.6. The molecule has 0 unspecified atom stereocenters. The summed E-state index contributed by atoms with van der Waals surface area (Å²) < 4.78 is 34.3. The minimum absolute atomic E-state index is 1.00. The standard InChI is InChI=1S/C16H36N.CH4O.H2O4S/c1-5-9-13-17(14-10-6-2,15-11-7-3)16-12-8-4;1-2;1-5(2,3)4/h5-16H2,1-4H3;2H,1H3;(H2,1,2,3,4)/q+1;;/p-1. The van der Waals surface area contributed by atoms with Crippen molar-refractivity contribution in [1.82, 2.24) is 0 Å². The monoisotopic (exact) mass is 371 g/mol. The molecule has 150 valence electrons. The van der Waals surface area contributed by atoms with Crippen LogP contribution in [0.4, 0.5) is 0 Å². The van der Waals surface area contributed by atoms with Crippen molar-refractivity contribution in [3.63, 3.8) is 0 Å². The van der Waals surface area contributed by atoms with Crippen LogP contribution in [0, 0.1) is 0 Å². The fourth-order valence-corrected chi connectivity index (χ4v) is 2.64. The zero-order valence-electron chi connectivity index (χ0n) is 16.5. The van der Waals surface area contributed by atoms with Gasteiger partial charge in [-0.05, 0) is 25.7 Å². The lowest BCUT2D eigenvalue weighted by molar-refractivity contribution is -0.929. The second kappa shape index (κ2) is 19.1. The zero-order chi connectivity index (χ0) is 19.5. The van der Waals surface area contributed by atoms with Crippen molar-refractivity contribution >= 4 is 10.4 Å². The summed E-state index contributed by atoms with van der Waals surface area (Å²) in [5.41, 5.74) is 0. The first-order chi connectivity index (χ1) is 11.2. The van der Waals surface area contributed by atoms with Gasteiger partial charge in [0.2, 0.25) is 10.4 Å². The summed E-state index contributed by atoms with van der Waals surface area (Å²) in [5.74, 6) is 0. The predicted octanol–water partition coefficient (Wildman–Crippen LogP) is 3.62. The van der Waals surface area contributed by atoms with Gasteiger partial charge >= 0.3 is 0 Å². The van der Waals surface area contributed by atoms with Crippen molar-refractivity contribution < 1.29 is 27.1 Å². The number of hydrogen-bond donors (Lipinski definition) is 2. The van der Waals surface area contributed by atoms with E-state index in [0.29, 0.717) is 0 Å². The Balaban J connectivity index is -0.000000534. The van der Waals surface area contributed by atoms with E-state index in [1.165, 1.54) is 82.0 Å². The lowest BCUT2D eigenvalue weighted by Crippen LogP contribution is -2.50. The number of quaternary nitrogens is 1. The Kier molecular flexibility index (Phi) is 22.8. The van der Waals surface area contributed by atoms with E-state index in [2.05, 4.69) is 27.7 Å². The number of rotatable bonds is 12. The Labute approximate surface area is 150 Å². The van der Waals surface area contributed by atoms with Crippen molar-refractivity contribution in [3.8, 4) is 0 Å². The highest BCUT2D eigenvalue weighted by Gasteiger charge is 2.24. The van der Waals surface area contributed by atoms with Crippen LogP contribution in [0.3, 0.4) is 0 Å². The minimum atomic E-state index is -4.92. The Bertz CT molecular complexity index is 288. The molecule has 0 atom stereocenters. The van der Waals surface area contributed by atoms with Gasteiger partial charge in [0.25, 0.3) is 0 Å². The van der Waals surface area contributed by atoms with Gasteiger partial charge in [-0.1, -0.05) is 53.4 Å². The fraction of sp³-hybridized carbons (Fsp3) is 1.00. The van der Waals surface area contributed by atoms with Crippen LogP contribution in [0.25, 0.3) is 0 Å². The van der Waals surface area contributed by atoms with Crippen LogP contribution in [0.5, 0.6) is 0 Å². The highest BCUT2D eigenvalue weighted by atomic mass is 32.3. The van der Waals surface area contributed by atoms with Gasteiger partial charge in [-0.3, -0.25) is 4.55 Å². The summed E-state index contributed by atoms with van der Waals surface area (Å²) in [6.07, 6.45) is 11.1. The first-order valence-electron chi connectivity index (χ1n) is 9.22. The van der Waals surface area contributed by atoms with E-state index in [1.807, 2.05) is 0 Å². The van der Waals surface area contributed by atoms with E-state index in [0.717, 1.165) is 7.11 Å². The van der Waals surface area contributed by atoms with Crippen molar-refractivity contribution in [2.45, 2.75) is 79.1 Å². The van der Waals surface area contributed by atoms with Crippen molar-refractivity contribution in [3.05, 3.63) is 0 Å². The van der Waals surface area contributed by atoms with Gasteiger partial charge in [0.1, 0.15) is 0 Å². The van der Waals surface area contributed by atoms with Crippen LogP contribution >= 0.6 is 0 Å². The van der Waals surface area contributed by atoms with Gasteiger partial charge in [-0.25, -0.2) is 8.42 Å². The molecule has 0 aliphatic carbocycles. The highest BCUT2D eigenvalue weighted by Crippen LogP contribution is 2.16. The lowest BCUT2D eigenvalue weighted by atomic mass is 10.1. The summed E-state index contributed by atoms with van der Waals surface area (Å²) in [6, 6.07) is 0. The van der Waals surface area contributed by atoms with Gasteiger partial charge in [-0.15, -0.1) is 0 Å². The fourth-order valence-electron chi connectivity index (χ4n) is 2.64. The van der Waals surface area contributed by atoms with Crippen LogP contribution in [-0.2, 0) is 10.4 Å². The van der Waals surface area contributed by atoms with Gasteiger partial charge in [0.15, 0.2) is 0 Å². The molecule has 0 aliphatic heterocycles. The molecule has 0 saturated heterocycles. The molecule has 24 heavy (non-hydrogen) atoms. The molecule has 0 aromatic heterocycles. The van der Waals surface area contributed by atoms with Crippen molar-refractivity contribution in [2.24, 2.45) is 0 Å². The normalized spacial score (nSPS) is 11.2. The maximum Gasteiger partial charge on any atom is 0.215 e. The van der Waals surface area contributed by atoms with Crippen LogP contribution in [0.1, 0.15) is 79.1 Å². The molecular formula is C17H41NO5S. The minimum Gasteiger partial charge on any atom is -0.726 e. The molecular weight excluding hydrogens is 330 g/mol. The topological polar surface area (TPSA) is 97.7 Å². The molecule has 0 aromatic rings. The summed E-state index contributed by atoms with van der Waals surface area (Å²) in [5, 5.41) is 7.00. The van der Waals surface area contributed by atoms with E-state index in [1.54, 1.807) is 0 Å². The number of aliphatic hydroxyl groups is 1. The van der Waals surface area contributed by atoms with E-state index >= 15 is 0 Å². The SMILES string of the molecule is CCCC[N+](CCCC)(CCCC)CCCC.CO.O=S(=O)([O-])O. The molecule has 0 bridgehead atoms. The molecule has 0 radical (unpaired) electrons. The average Bonchev–Trinajstić information content (AvgIpc) is 2.54. The first kappa shape index (κ1) is 28.6. The lowest BCUT2D eigenvalue weighted by Gasteiger charge is -2.39. The Morgan fingerprint density at radius 3 is 1.00 bits per heavy atom.